The Morgan fingerprint density at radius 3 is 2.29 bits per heavy atom. The molecule has 1 heterocycles. The Morgan fingerprint density at radius 1 is 0.882 bits per heavy atom. The van der Waals surface area contributed by atoms with Gasteiger partial charge in [0, 0.05) is 11.8 Å². The Kier molecular flexibility index (Phi) is 2.61. The largest absolute Gasteiger partial charge is 0.347 e. The van der Waals surface area contributed by atoms with Gasteiger partial charge in [0.15, 0.2) is 5.79 Å². The van der Waals surface area contributed by atoms with E-state index in [2.05, 4.69) is 20.8 Å². The van der Waals surface area contributed by atoms with Crippen LogP contribution in [0.1, 0.15) is 59.3 Å². The quantitative estimate of drug-likeness (QED) is 0.640. The minimum Gasteiger partial charge on any atom is -0.347 e. The summed E-state index contributed by atoms with van der Waals surface area (Å²) in [5.41, 5.74) is 0.694. The van der Waals surface area contributed by atoms with Crippen LogP contribution in [0.15, 0.2) is 0 Å². The lowest BCUT2D eigenvalue weighted by Gasteiger charge is -2.60. The van der Waals surface area contributed by atoms with Crippen molar-refractivity contribution in [1.29, 1.82) is 0 Å². The molecule has 2 heteroatoms. The molecular formula is C15H26O2. The van der Waals surface area contributed by atoms with Gasteiger partial charge in [-0.15, -0.1) is 0 Å². The van der Waals surface area contributed by atoms with Crippen molar-refractivity contribution in [3.63, 3.8) is 0 Å². The van der Waals surface area contributed by atoms with E-state index in [0.29, 0.717) is 5.41 Å². The lowest BCUT2D eigenvalue weighted by Crippen LogP contribution is -2.59. The fraction of sp³-hybridized carbons (Fsp3) is 1.00. The summed E-state index contributed by atoms with van der Waals surface area (Å²) in [6, 6.07) is 0. The number of ether oxygens (including phenoxy) is 2. The molecule has 0 aromatic rings. The van der Waals surface area contributed by atoms with Crippen LogP contribution in [0.25, 0.3) is 0 Å². The molecule has 0 radical (unpaired) electrons. The second-order valence-corrected chi connectivity index (χ2v) is 7.15. The average molecular weight is 238 g/mol. The summed E-state index contributed by atoms with van der Waals surface area (Å²) in [5.74, 6) is 0.517. The van der Waals surface area contributed by atoms with Crippen LogP contribution in [0, 0.1) is 16.7 Å². The summed E-state index contributed by atoms with van der Waals surface area (Å²) >= 11 is 0. The monoisotopic (exact) mass is 238 g/mol. The topological polar surface area (TPSA) is 18.5 Å². The maximum absolute atomic E-state index is 6.12. The van der Waals surface area contributed by atoms with Crippen LogP contribution in [0.5, 0.6) is 0 Å². The first-order valence-electron chi connectivity index (χ1n) is 7.28. The van der Waals surface area contributed by atoms with Gasteiger partial charge in [0.1, 0.15) is 0 Å². The maximum Gasteiger partial charge on any atom is 0.174 e. The predicted molar refractivity (Wildman–Crippen MR) is 67.7 cm³/mol. The number of rotatable bonds is 0. The molecule has 2 atom stereocenters. The second kappa shape index (κ2) is 3.71. The van der Waals surface area contributed by atoms with Crippen LogP contribution in [0.2, 0.25) is 0 Å². The summed E-state index contributed by atoms with van der Waals surface area (Å²) in [5, 5.41) is 0. The van der Waals surface area contributed by atoms with Gasteiger partial charge in [0.25, 0.3) is 0 Å². The van der Waals surface area contributed by atoms with Crippen molar-refractivity contribution in [2.45, 2.75) is 65.1 Å². The van der Waals surface area contributed by atoms with Gasteiger partial charge < -0.3 is 9.47 Å². The van der Waals surface area contributed by atoms with Gasteiger partial charge in [-0.1, -0.05) is 27.2 Å². The molecular weight excluding hydrogens is 212 g/mol. The standard InChI is InChI=1S/C15H26O2/c1-13(2)7-5-8-14(3)12(13)6-4-9-15(14)16-10-11-17-15/h12H,4-11H2,1-3H3/t12?,14-/m1/s1. The van der Waals surface area contributed by atoms with Gasteiger partial charge in [-0.05, 0) is 37.0 Å². The highest BCUT2D eigenvalue weighted by Crippen LogP contribution is 2.63. The van der Waals surface area contributed by atoms with Crippen molar-refractivity contribution in [3.8, 4) is 0 Å². The normalized spacial score (nSPS) is 43.6. The minimum atomic E-state index is -0.242. The summed E-state index contributed by atoms with van der Waals surface area (Å²) in [4.78, 5) is 0. The molecule has 0 N–H and O–H groups in total. The van der Waals surface area contributed by atoms with E-state index in [0.717, 1.165) is 25.6 Å². The summed E-state index contributed by atoms with van der Waals surface area (Å²) in [6.45, 7) is 8.92. The Labute approximate surface area is 105 Å². The fourth-order valence-electron chi connectivity index (χ4n) is 5.04. The zero-order valence-corrected chi connectivity index (χ0v) is 11.6. The molecule has 1 saturated heterocycles. The fourth-order valence-corrected chi connectivity index (χ4v) is 5.04. The summed E-state index contributed by atoms with van der Waals surface area (Å²) < 4.78 is 12.2. The predicted octanol–water partition coefficient (Wildman–Crippen LogP) is 3.75. The zero-order valence-electron chi connectivity index (χ0n) is 11.6. The van der Waals surface area contributed by atoms with E-state index in [1.807, 2.05) is 0 Å². The first kappa shape index (κ1) is 12.0. The van der Waals surface area contributed by atoms with Gasteiger partial charge in [0.2, 0.25) is 0 Å². The number of fused-ring (bicyclic) bond motifs is 2. The SMILES string of the molecule is CC1(C)CCC[C@]2(C)C1CCCC21OCCO1. The van der Waals surface area contributed by atoms with Crippen LogP contribution >= 0.6 is 0 Å². The lowest BCUT2D eigenvalue weighted by molar-refractivity contribution is -0.290. The highest BCUT2D eigenvalue weighted by Gasteiger charge is 2.62. The molecule has 0 amide bonds. The molecule has 3 fully saturated rings. The van der Waals surface area contributed by atoms with Gasteiger partial charge >= 0.3 is 0 Å². The molecule has 3 rings (SSSR count). The third-order valence-electron chi connectivity index (χ3n) is 5.85. The Hall–Kier alpha value is -0.0800. The molecule has 3 aliphatic rings. The van der Waals surface area contributed by atoms with Crippen molar-refractivity contribution < 1.29 is 9.47 Å². The molecule has 1 unspecified atom stereocenters. The lowest BCUT2D eigenvalue weighted by atomic mass is 9.49. The molecule has 0 aromatic carbocycles. The Bertz CT molecular complexity index is 304. The molecule has 17 heavy (non-hydrogen) atoms. The van der Waals surface area contributed by atoms with E-state index in [-0.39, 0.29) is 11.2 Å². The number of hydrogen-bond donors (Lipinski definition) is 0. The first-order chi connectivity index (χ1) is 8.00. The van der Waals surface area contributed by atoms with Crippen molar-refractivity contribution in [2.24, 2.45) is 16.7 Å². The smallest absolute Gasteiger partial charge is 0.174 e. The molecule has 2 aliphatic carbocycles. The summed E-state index contributed by atoms with van der Waals surface area (Å²) in [7, 11) is 0. The maximum atomic E-state index is 6.12. The Balaban J connectivity index is 1.99. The van der Waals surface area contributed by atoms with E-state index < -0.39 is 0 Å². The van der Waals surface area contributed by atoms with Crippen molar-refractivity contribution in [1.82, 2.24) is 0 Å². The van der Waals surface area contributed by atoms with Crippen LogP contribution in [-0.4, -0.2) is 19.0 Å². The van der Waals surface area contributed by atoms with Crippen molar-refractivity contribution in [3.05, 3.63) is 0 Å². The van der Waals surface area contributed by atoms with Gasteiger partial charge in [-0.25, -0.2) is 0 Å². The third-order valence-corrected chi connectivity index (χ3v) is 5.85. The molecule has 98 valence electrons. The first-order valence-corrected chi connectivity index (χ1v) is 7.28. The molecule has 1 spiro atoms. The molecule has 0 bridgehead atoms. The van der Waals surface area contributed by atoms with Crippen LogP contribution in [-0.2, 0) is 9.47 Å². The van der Waals surface area contributed by atoms with Crippen LogP contribution < -0.4 is 0 Å². The van der Waals surface area contributed by atoms with E-state index in [1.165, 1.54) is 32.1 Å². The van der Waals surface area contributed by atoms with Crippen LogP contribution in [0.4, 0.5) is 0 Å². The van der Waals surface area contributed by atoms with Crippen LogP contribution in [0.3, 0.4) is 0 Å². The molecule has 1 aliphatic heterocycles. The zero-order chi connectivity index (χ0) is 12.1. The summed E-state index contributed by atoms with van der Waals surface area (Å²) in [6.07, 6.45) is 7.70. The molecule has 0 aromatic heterocycles. The van der Waals surface area contributed by atoms with E-state index >= 15 is 0 Å². The van der Waals surface area contributed by atoms with E-state index in [1.54, 1.807) is 0 Å². The highest BCUT2D eigenvalue weighted by molar-refractivity contribution is 5.06. The van der Waals surface area contributed by atoms with Crippen molar-refractivity contribution >= 4 is 0 Å². The van der Waals surface area contributed by atoms with Crippen molar-refractivity contribution in [2.75, 3.05) is 13.2 Å². The second-order valence-electron chi connectivity index (χ2n) is 7.15. The van der Waals surface area contributed by atoms with E-state index in [9.17, 15) is 0 Å². The molecule has 2 saturated carbocycles. The average Bonchev–Trinajstić information content (AvgIpc) is 2.71. The highest BCUT2D eigenvalue weighted by atomic mass is 16.7. The third kappa shape index (κ3) is 1.53. The number of hydrogen-bond acceptors (Lipinski definition) is 2. The van der Waals surface area contributed by atoms with Gasteiger partial charge in [-0.2, -0.15) is 0 Å². The Morgan fingerprint density at radius 2 is 1.59 bits per heavy atom. The van der Waals surface area contributed by atoms with Gasteiger partial charge in [-0.3, -0.25) is 0 Å². The molecule has 2 nitrogen and oxygen atoms in total. The van der Waals surface area contributed by atoms with E-state index in [4.69, 9.17) is 9.47 Å². The minimum absolute atomic E-state index is 0.240. The van der Waals surface area contributed by atoms with Gasteiger partial charge in [0.05, 0.1) is 13.2 Å².